The molecule has 1 saturated carbocycles. The summed E-state index contributed by atoms with van der Waals surface area (Å²) in [4.78, 5) is 9.22. The Labute approximate surface area is 161 Å². The summed E-state index contributed by atoms with van der Waals surface area (Å²) in [6, 6.07) is 2.30. The molecule has 0 spiro atoms. The van der Waals surface area contributed by atoms with E-state index in [0.29, 0.717) is 0 Å². The first-order chi connectivity index (χ1) is 12.3. The zero-order valence-corrected chi connectivity index (χ0v) is 18.0. The number of rotatable bonds is 4. The molecule has 1 fully saturated rings. The van der Waals surface area contributed by atoms with Gasteiger partial charge in [-0.05, 0) is 50.0 Å². The van der Waals surface area contributed by atoms with E-state index in [1.807, 2.05) is 13.8 Å². The largest absolute Gasteiger partial charge is 0.333 e. The highest BCUT2D eigenvalue weighted by molar-refractivity contribution is 7.84. The van der Waals surface area contributed by atoms with Crippen LogP contribution in [0.4, 0.5) is 0 Å². The number of aryl methyl sites for hydroxylation is 3. The molecule has 0 bridgehead atoms. The van der Waals surface area contributed by atoms with E-state index >= 15 is 0 Å². The molecule has 0 saturated heterocycles. The fourth-order valence-electron chi connectivity index (χ4n) is 4.59. The zero-order chi connectivity index (χ0) is 20.4. The van der Waals surface area contributed by atoms with Gasteiger partial charge in [0.15, 0.2) is 0 Å². The van der Waals surface area contributed by atoms with Crippen LogP contribution in [-0.4, -0.2) is 29.6 Å². The molecule has 8 heteroatoms. The van der Waals surface area contributed by atoms with Gasteiger partial charge < -0.3 is 4.57 Å². The molecular formula is C19H30N4O3S. The zero-order valence-electron chi connectivity index (χ0n) is 17.2. The third kappa shape index (κ3) is 3.28. The molecule has 2 N–H and O–H groups in total. The predicted octanol–water partition coefficient (Wildman–Crippen LogP) is 3.19. The van der Waals surface area contributed by atoms with E-state index in [9.17, 15) is 8.42 Å². The second-order valence-electron chi connectivity index (χ2n) is 8.92. The van der Waals surface area contributed by atoms with Crippen molar-refractivity contribution >= 4 is 21.3 Å². The van der Waals surface area contributed by atoms with Crippen molar-refractivity contribution in [1.82, 2.24) is 14.5 Å². The van der Waals surface area contributed by atoms with Crippen molar-refractivity contribution < 1.29 is 12.6 Å². The van der Waals surface area contributed by atoms with E-state index in [1.165, 1.54) is 0 Å². The first kappa shape index (κ1) is 20.2. The topological polar surface area (TPSA) is 100 Å². The van der Waals surface area contributed by atoms with Gasteiger partial charge in [-0.15, -0.1) is 0 Å². The normalized spacial score (nSPS) is 24.6. The Balaban J connectivity index is 2.09. The van der Waals surface area contributed by atoms with E-state index in [2.05, 4.69) is 50.2 Å². The third-order valence-electron chi connectivity index (χ3n) is 6.96. The molecule has 2 aromatic heterocycles. The lowest BCUT2D eigenvalue weighted by molar-refractivity contribution is 0.0614. The smallest absolute Gasteiger partial charge is 0.326 e. The molecule has 0 aliphatic heterocycles. The van der Waals surface area contributed by atoms with Gasteiger partial charge in [-0.2, -0.15) is 8.42 Å². The SMILES string of the molecule is Cc1nc(C)c2cc(C)n([C@@H]3C[C@@H](COS(N)(=O)=O)C(C)(C)C3(C)C)c2n1. The van der Waals surface area contributed by atoms with Gasteiger partial charge in [0.1, 0.15) is 11.5 Å². The second-order valence-corrected chi connectivity index (χ2v) is 10.1. The fourth-order valence-corrected chi connectivity index (χ4v) is 4.94. The number of aromatic nitrogens is 3. The fraction of sp³-hybridized carbons (Fsp3) is 0.684. The van der Waals surface area contributed by atoms with Gasteiger partial charge in [0.2, 0.25) is 0 Å². The number of hydrogen-bond acceptors (Lipinski definition) is 5. The van der Waals surface area contributed by atoms with Crippen LogP contribution in [0.3, 0.4) is 0 Å². The summed E-state index contributed by atoms with van der Waals surface area (Å²) in [6.45, 7) is 14.9. The van der Waals surface area contributed by atoms with Crippen LogP contribution in [0.5, 0.6) is 0 Å². The van der Waals surface area contributed by atoms with Crippen molar-refractivity contribution in [2.24, 2.45) is 21.9 Å². The Morgan fingerprint density at radius 3 is 2.41 bits per heavy atom. The Bertz CT molecular complexity index is 992. The standard InChI is InChI=1S/C19H30N4O3S/c1-11-8-15-12(2)21-13(3)22-17(15)23(11)16-9-14(10-26-27(20,24)25)18(4,5)19(16,6)7/h8,14,16H,9-10H2,1-7H3,(H2,20,24,25)/t14-,16+/m0/s1. The maximum absolute atomic E-state index is 11.3. The molecule has 1 aliphatic rings. The van der Waals surface area contributed by atoms with E-state index in [0.717, 1.165) is 34.7 Å². The van der Waals surface area contributed by atoms with Gasteiger partial charge in [0.05, 0.1) is 12.3 Å². The lowest BCUT2D eigenvalue weighted by Gasteiger charge is -2.42. The summed E-state index contributed by atoms with van der Waals surface area (Å²) in [5.74, 6) is 0.806. The summed E-state index contributed by atoms with van der Waals surface area (Å²) in [6.07, 6.45) is 0.794. The van der Waals surface area contributed by atoms with Crippen molar-refractivity contribution in [2.45, 2.75) is 60.9 Å². The predicted molar refractivity (Wildman–Crippen MR) is 106 cm³/mol. The van der Waals surface area contributed by atoms with Crippen molar-refractivity contribution in [1.29, 1.82) is 0 Å². The Hall–Kier alpha value is -1.51. The minimum Gasteiger partial charge on any atom is -0.326 e. The Morgan fingerprint density at radius 2 is 1.81 bits per heavy atom. The van der Waals surface area contributed by atoms with Gasteiger partial charge in [-0.3, -0.25) is 4.18 Å². The van der Waals surface area contributed by atoms with Gasteiger partial charge in [0, 0.05) is 17.1 Å². The van der Waals surface area contributed by atoms with Crippen molar-refractivity contribution in [3.05, 3.63) is 23.3 Å². The highest BCUT2D eigenvalue weighted by atomic mass is 32.2. The molecule has 1 aliphatic carbocycles. The summed E-state index contributed by atoms with van der Waals surface area (Å²) >= 11 is 0. The van der Waals surface area contributed by atoms with Gasteiger partial charge in [-0.1, -0.05) is 27.7 Å². The molecule has 0 amide bonds. The first-order valence-corrected chi connectivity index (χ1v) is 10.7. The highest BCUT2D eigenvalue weighted by Crippen LogP contribution is 2.61. The summed E-state index contributed by atoms with van der Waals surface area (Å²) in [7, 11) is -3.95. The van der Waals surface area contributed by atoms with Crippen LogP contribution in [0, 0.1) is 37.5 Å². The van der Waals surface area contributed by atoms with Crippen LogP contribution < -0.4 is 5.14 Å². The van der Waals surface area contributed by atoms with E-state index in [1.54, 1.807) is 0 Å². The van der Waals surface area contributed by atoms with Crippen molar-refractivity contribution in [3.8, 4) is 0 Å². The average molecular weight is 395 g/mol. The monoisotopic (exact) mass is 394 g/mol. The molecule has 2 aromatic rings. The Kier molecular flexibility index (Phi) is 4.68. The number of fused-ring (bicyclic) bond motifs is 1. The third-order valence-corrected chi connectivity index (χ3v) is 7.42. The van der Waals surface area contributed by atoms with Gasteiger partial charge in [0.25, 0.3) is 0 Å². The molecule has 150 valence electrons. The maximum atomic E-state index is 11.3. The van der Waals surface area contributed by atoms with Crippen molar-refractivity contribution in [2.75, 3.05) is 6.61 Å². The minimum absolute atomic E-state index is 0.0525. The molecule has 2 atom stereocenters. The lowest BCUT2D eigenvalue weighted by Crippen LogP contribution is -2.37. The van der Waals surface area contributed by atoms with Crippen LogP contribution >= 0.6 is 0 Å². The van der Waals surface area contributed by atoms with Crippen LogP contribution in [0.1, 0.15) is 57.4 Å². The van der Waals surface area contributed by atoms with E-state index in [4.69, 9.17) is 14.3 Å². The second kappa shape index (κ2) is 6.25. The highest BCUT2D eigenvalue weighted by Gasteiger charge is 2.55. The lowest BCUT2D eigenvalue weighted by atomic mass is 9.66. The minimum atomic E-state index is -3.95. The van der Waals surface area contributed by atoms with Crippen LogP contribution in [-0.2, 0) is 14.5 Å². The van der Waals surface area contributed by atoms with Gasteiger partial charge in [-0.25, -0.2) is 15.1 Å². The van der Waals surface area contributed by atoms with E-state index in [-0.39, 0.29) is 29.4 Å². The van der Waals surface area contributed by atoms with E-state index < -0.39 is 10.3 Å². The number of nitrogens with zero attached hydrogens (tertiary/aromatic N) is 3. The molecule has 2 heterocycles. The molecular weight excluding hydrogens is 364 g/mol. The molecule has 0 unspecified atom stereocenters. The van der Waals surface area contributed by atoms with Gasteiger partial charge >= 0.3 is 10.3 Å². The maximum Gasteiger partial charge on any atom is 0.333 e. The van der Waals surface area contributed by atoms with Crippen LogP contribution in [0.25, 0.3) is 11.0 Å². The summed E-state index contributed by atoms with van der Waals surface area (Å²) in [5.41, 5.74) is 2.79. The number of nitrogens with two attached hydrogens (primary N) is 1. The molecule has 0 aromatic carbocycles. The summed E-state index contributed by atoms with van der Waals surface area (Å²) in [5, 5.41) is 6.12. The van der Waals surface area contributed by atoms with Crippen LogP contribution in [0.15, 0.2) is 6.07 Å². The average Bonchev–Trinajstić information content (AvgIpc) is 2.90. The van der Waals surface area contributed by atoms with Crippen molar-refractivity contribution in [3.63, 3.8) is 0 Å². The van der Waals surface area contributed by atoms with Crippen LogP contribution in [0.2, 0.25) is 0 Å². The summed E-state index contributed by atoms with van der Waals surface area (Å²) < 4.78 is 29.9. The molecule has 7 nitrogen and oxygen atoms in total. The molecule has 0 radical (unpaired) electrons. The first-order valence-electron chi connectivity index (χ1n) is 9.25. The molecule has 3 rings (SSSR count). The molecule has 27 heavy (non-hydrogen) atoms. The number of hydrogen-bond donors (Lipinski definition) is 1. The quantitative estimate of drug-likeness (QED) is 0.858. The Morgan fingerprint density at radius 1 is 1.19 bits per heavy atom.